The molecule has 0 unspecified atom stereocenters. The van der Waals surface area contributed by atoms with Crippen LogP contribution in [0.2, 0.25) is 0 Å². The molecule has 7 N–H and O–H groups in total. The second-order valence-electron chi connectivity index (χ2n) is 7.29. The van der Waals surface area contributed by atoms with E-state index in [0.29, 0.717) is 0 Å². The first-order chi connectivity index (χ1) is 15.2. The molecule has 1 aliphatic rings. The Morgan fingerprint density at radius 3 is 2.25 bits per heavy atom. The van der Waals surface area contributed by atoms with Gasteiger partial charge in [-0.1, -0.05) is 0 Å². The summed E-state index contributed by atoms with van der Waals surface area (Å²) >= 11 is 0. The summed E-state index contributed by atoms with van der Waals surface area (Å²) < 4.78 is 16.6. The SMILES string of the molecule is O=c1c(O[C@H]2O[C@H](CO)[C@H](O)[C@H](O)[C@H]2O)c(-c2ccc(O)cc2)oc2cc(O)cc(O)c12. The molecule has 0 radical (unpaired) electrons. The zero-order valence-corrected chi connectivity index (χ0v) is 16.3. The maximum absolute atomic E-state index is 13.2. The fourth-order valence-corrected chi connectivity index (χ4v) is 3.46. The van der Waals surface area contributed by atoms with Crippen LogP contribution in [0.5, 0.6) is 23.0 Å². The van der Waals surface area contributed by atoms with Crippen molar-refractivity contribution in [3.8, 4) is 34.3 Å². The summed E-state index contributed by atoms with van der Waals surface area (Å²) in [5.74, 6) is -1.73. The first-order valence-electron chi connectivity index (χ1n) is 9.50. The molecule has 2 heterocycles. The topological polar surface area (TPSA) is 190 Å². The Morgan fingerprint density at radius 1 is 0.906 bits per heavy atom. The Bertz CT molecular complexity index is 1190. The highest BCUT2D eigenvalue weighted by Gasteiger charge is 2.45. The quantitative estimate of drug-likeness (QED) is 0.279. The maximum Gasteiger partial charge on any atom is 0.239 e. The summed E-state index contributed by atoms with van der Waals surface area (Å²) in [6.45, 7) is -0.706. The van der Waals surface area contributed by atoms with Crippen LogP contribution in [-0.4, -0.2) is 73.1 Å². The zero-order chi connectivity index (χ0) is 23.2. The van der Waals surface area contributed by atoms with Gasteiger partial charge in [0.05, 0.1) is 6.61 Å². The number of aliphatic hydroxyl groups excluding tert-OH is 4. The number of phenols is 3. The van der Waals surface area contributed by atoms with Crippen LogP contribution in [-0.2, 0) is 4.74 Å². The lowest BCUT2D eigenvalue weighted by atomic mass is 9.99. The maximum atomic E-state index is 13.2. The molecule has 0 spiro atoms. The Hall–Kier alpha value is -3.35. The van der Waals surface area contributed by atoms with Crippen molar-refractivity contribution in [2.45, 2.75) is 30.7 Å². The second-order valence-corrected chi connectivity index (χ2v) is 7.29. The average molecular weight is 448 g/mol. The van der Waals surface area contributed by atoms with Gasteiger partial charge in [0.15, 0.2) is 5.76 Å². The minimum Gasteiger partial charge on any atom is -0.508 e. The summed E-state index contributed by atoms with van der Waals surface area (Å²) in [5.41, 5.74) is -0.801. The highest BCUT2D eigenvalue weighted by molar-refractivity contribution is 5.88. The predicted octanol–water partition coefficient (Wildman–Crippen LogP) is -0.244. The zero-order valence-electron chi connectivity index (χ0n) is 16.3. The largest absolute Gasteiger partial charge is 0.508 e. The molecule has 0 amide bonds. The molecule has 1 aromatic heterocycles. The number of rotatable bonds is 4. The number of aromatic hydroxyl groups is 3. The molecule has 2 aromatic carbocycles. The fourth-order valence-electron chi connectivity index (χ4n) is 3.46. The van der Waals surface area contributed by atoms with Crippen molar-refractivity contribution in [2.75, 3.05) is 6.61 Å². The standard InChI is InChI=1S/C21H20O11/c22-7-13-15(26)17(28)18(29)21(31-13)32-20-16(27)14-11(25)5-10(24)6-12(14)30-19(20)8-1-3-9(23)4-2-8/h1-6,13,15,17-18,21-26,28-29H,7H2/t13-,15+,17+,18-,21-/m1/s1. The number of ether oxygens (including phenoxy) is 2. The highest BCUT2D eigenvalue weighted by atomic mass is 16.7. The molecular weight excluding hydrogens is 428 g/mol. The van der Waals surface area contributed by atoms with Gasteiger partial charge in [-0.2, -0.15) is 0 Å². The summed E-state index contributed by atoms with van der Waals surface area (Å²) in [6, 6.07) is 7.48. The molecule has 32 heavy (non-hydrogen) atoms. The third-order valence-corrected chi connectivity index (χ3v) is 5.13. The molecule has 4 rings (SSSR count). The molecule has 1 saturated heterocycles. The summed E-state index contributed by atoms with van der Waals surface area (Å²) in [6.07, 6.45) is -8.16. The lowest BCUT2D eigenvalue weighted by Gasteiger charge is -2.39. The van der Waals surface area contributed by atoms with Crippen LogP contribution < -0.4 is 10.2 Å². The van der Waals surface area contributed by atoms with Gasteiger partial charge in [0.2, 0.25) is 17.5 Å². The molecule has 3 aromatic rings. The molecule has 5 atom stereocenters. The fraction of sp³-hybridized carbons (Fsp3) is 0.286. The lowest BCUT2D eigenvalue weighted by molar-refractivity contribution is -0.277. The normalized spacial score (nSPS) is 25.7. The van der Waals surface area contributed by atoms with Gasteiger partial charge in [0, 0.05) is 17.7 Å². The van der Waals surface area contributed by atoms with Crippen molar-refractivity contribution in [1.82, 2.24) is 0 Å². The Labute approximate surface area is 179 Å². The smallest absolute Gasteiger partial charge is 0.239 e. The van der Waals surface area contributed by atoms with E-state index < -0.39 is 54.2 Å². The molecule has 1 fully saturated rings. The van der Waals surface area contributed by atoms with E-state index in [1.165, 1.54) is 24.3 Å². The van der Waals surface area contributed by atoms with Crippen LogP contribution >= 0.6 is 0 Å². The van der Waals surface area contributed by atoms with E-state index in [1.54, 1.807) is 0 Å². The summed E-state index contributed by atoms with van der Waals surface area (Å²) in [7, 11) is 0. The van der Waals surface area contributed by atoms with E-state index in [9.17, 15) is 40.5 Å². The van der Waals surface area contributed by atoms with E-state index in [1.807, 2.05) is 0 Å². The molecule has 0 bridgehead atoms. The van der Waals surface area contributed by atoms with E-state index >= 15 is 0 Å². The molecule has 0 aliphatic carbocycles. The van der Waals surface area contributed by atoms with Crippen molar-refractivity contribution in [3.63, 3.8) is 0 Å². The van der Waals surface area contributed by atoms with Crippen molar-refractivity contribution < 1.29 is 49.6 Å². The van der Waals surface area contributed by atoms with E-state index in [2.05, 4.69) is 0 Å². The molecule has 11 nitrogen and oxygen atoms in total. The highest BCUT2D eigenvalue weighted by Crippen LogP contribution is 2.37. The number of fused-ring (bicyclic) bond motifs is 1. The number of phenolic OH excluding ortho intramolecular Hbond substituents is 3. The van der Waals surface area contributed by atoms with Crippen molar-refractivity contribution in [3.05, 3.63) is 46.6 Å². The van der Waals surface area contributed by atoms with Crippen LogP contribution in [0, 0.1) is 0 Å². The Morgan fingerprint density at radius 2 is 1.59 bits per heavy atom. The minimum absolute atomic E-state index is 0.0661. The monoisotopic (exact) mass is 448 g/mol. The van der Waals surface area contributed by atoms with Crippen molar-refractivity contribution >= 4 is 11.0 Å². The van der Waals surface area contributed by atoms with E-state index in [4.69, 9.17) is 13.9 Å². The molecule has 1 aliphatic heterocycles. The molecular formula is C21H20O11. The van der Waals surface area contributed by atoms with Crippen LogP contribution in [0.4, 0.5) is 0 Å². The van der Waals surface area contributed by atoms with Gasteiger partial charge in [-0.3, -0.25) is 4.79 Å². The van der Waals surface area contributed by atoms with Gasteiger partial charge in [-0.15, -0.1) is 0 Å². The minimum atomic E-state index is -1.80. The van der Waals surface area contributed by atoms with E-state index in [-0.39, 0.29) is 33.8 Å². The summed E-state index contributed by atoms with van der Waals surface area (Å²) in [5, 5.41) is 68.8. The predicted molar refractivity (Wildman–Crippen MR) is 107 cm³/mol. The third-order valence-electron chi connectivity index (χ3n) is 5.13. The van der Waals surface area contributed by atoms with Crippen LogP contribution in [0.15, 0.2) is 45.6 Å². The van der Waals surface area contributed by atoms with Gasteiger partial charge in [-0.25, -0.2) is 0 Å². The van der Waals surface area contributed by atoms with Crippen LogP contribution in [0.1, 0.15) is 0 Å². The first-order valence-corrected chi connectivity index (χ1v) is 9.50. The van der Waals surface area contributed by atoms with Gasteiger partial charge in [0.1, 0.15) is 52.6 Å². The van der Waals surface area contributed by atoms with Crippen LogP contribution in [0.3, 0.4) is 0 Å². The van der Waals surface area contributed by atoms with Gasteiger partial charge >= 0.3 is 0 Å². The third kappa shape index (κ3) is 3.72. The van der Waals surface area contributed by atoms with E-state index in [0.717, 1.165) is 12.1 Å². The molecule has 0 saturated carbocycles. The Kier molecular flexibility index (Phi) is 5.67. The lowest BCUT2D eigenvalue weighted by Crippen LogP contribution is -2.60. The second kappa shape index (κ2) is 8.30. The average Bonchev–Trinajstić information content (AvgIpc) is 2.75. The number of benzene rings is 2. The summed E-state index contributed by atoms with van der Waals surface area (Å²) in [4.78, 5) is 13.2. The van der Waals surface area contributed by atoms with Crippen LogP contribution in [0.25, 0.3) is 22.3 Å². The van der Waals surface area contributed by atoms with Gasteiger partial charge < -0.3 is 49.6 Å². The van der Waals surface area contributed by atoms with Crippen molar-refractivity contribution in [2.24, 2.45) is 0 Å². The number of aliphatic hydroxyl groups is 4. The molecule has 170 valence electrons. The van der Waals surface area contributed by atoms with Gasteiger partial charge in [0.25, 0.3) is 0 Å². The van der Waals surface area contributed by atoms with Crippen molar-refractivity contribution in [1.29, 1.82) is 0 Å². The number of hydrogen-bond donors (Lipinski definition) is 7. The molecule has 11 heteroatoms. The van der Waals surface area contributed by atoms with Gasteiger partial charge in [-0.05, 0) is 24.3 Å². The Balaban J connectivity index is 1.89. The number of hydrogen-bond acceptors (Lipinski definition) is 11. The first kappa shape index (κ1) is 21.9.